The average Bonchev–Trinajstić information content (AvgIpc) is 2.58. The number of hydrogen-bond donors (Lipinski definition) is 2. The number of nitrogens with one attached hydrogen (secondary N) is 1. The smallest absolute Gasteiger partial charge is 0.102 e. The van der Waals surface area contributed by atoms with Crippen molar-refractivity contribution in [3.05, 3.63) is 34.3 Å². The summed E-state index contributed by atoms with van der Waals surface area (Å²) >= 11 is 3.42. The molecule has 0 saturated carbocycles. The van der Waals surface area contributed by atoms with Gasteiger partial charge in [0.15, 0.2) is 0 Å². The molecule has 0 amide bonds. The molecule has 1 aliphatic rings. The minimum absolute atomic E-state index is 0.158. The topological polar surface area (TPSA) is 32.3 Å². The van der Waals surface area contributed by atoms with Gasteiger partial charge in [0.25, 0.3) is 0 Å². The summed E-state index contributed by atoms with van der Waals surface area (Å²) in [6.07, 6.45) is 4.72. The molecule has 1 aliphatic heterocycles. The molecule has 1 saturated heterocycles. The second-order valence-corrected chi connectivity index (χ2v) is 5.93. The highest BCUT2D eigenvalue weighted by Gasteiger charge is 2.33. The van der Waals surface area contributed by atoms with Crippen molar-refractivity contribution in [2.45, 2.75) is 44.2 Å². The summed E-state index contributed by atoms with van der Waals surface area (Å²) < 4.78 is 1.05. The maximum Gasteiger partial charge on any atom is 0.102 e. The second kappa shape index (κ2) is 5.51. The minimum atomic E-state index is -0.787. The Hall–Kier alpha value is -0.380. The van der Waals surface area contributed by atoms with E-state index >= 15 is 0 Å². The summed E-state index contributed by atoms with van der Waals surface area (Å²) in [6, 6.07) is 8.13. The number of aliphatic hydroxyl groups is 1. The predicted molar refractivity (Wildman–Crippen MR) is 74.0 cm³/mol. The van der Waals surface area contributed by atoms with Crippen LogP contribution in [0.1, 0.15) is 38.2 Å². The second-order valence-electron chi connectivity index (χ2n) is 5.01. The van der Waals surface area contributed by atoms with Crippen molar-refractivity contribution in [3.8, 4) is 0 Å². The molecule has 1 heterocycles. The van der Waals surface area contributed by atoms with E-state index in [0.29, 0.717) is 0 Å². The van der Waals surface area contributed by atoms with Crippen molar-refractivity contribution in [3.63, 3.8) is 0 Å². The van der Waals surface area contributed by atoms with Gasteiger partial charge in [-0.05, 0) is 44.0 Å². The molecule has 2 atom stereocenters. The first-order valence-electron chi connectivity index (χ1n) is 6.32. The Morgan fingerprint density at radius 1 is 1.24 bits per heavy atom. The van der Waals surface area contributed by atoms with Gasteiger partial charge < -0.3 is 10.4 Å². The van der Waals surface area contributed by atoms with Crippen LogP contribution in [-0.4, -0.2) is 17.7 Å². The quantitative estimate of drug-likeness (QED) is 0.879. The van der Waals surface area contributed by atoms with Crippen molar-refractivity contribution < 1.29 is 5.11 Å². The van der Waals surface area contributed by atoms with Crippen LogP contribution in [0, 0.1) is 0 Å². The van der Waals surface area contributed by atoms with E-state index in [1.165, 1.54) is 19.3 Å². The third-order valence-electron chi connectivity index (χ3n) is 3.67. The third kappa shape index (κ3) is 3.09. The molecule has 1 aromatic rings. The van der Waals surface area contributed by atoms with Gasteiger partial charge in [0.1, 0.15) is 5.60 Å². The first-order valence-corrected chi connectivity index (χ1v) is 7.12. The normalized spacial score (nSPS) is 25.0. The van der Waals surface area contributed by atoms with Gasteiger partial charge in [-0.15, -0.1) is 0 Å². The summed E-state index contributed by atoms with van der Waals surface area (Å²) in [7, 11) is 0. The fourth-order valence-electron chi connectivity index (χ4n) is 2.50. The highest BCUT2D eigenvalue weighted by Crippen LogP contribution is 2.29. The molecule has 3 heteroatoms. The Labute approximate surface area is 112 Å². The van der Waals surface area contributed by atoms with Gasteiger partial charge in [-0.25, -0.2) is 0 Å². The lowest BCUT2D eigenvalue weighted by molar-refractivity contribution is 0.0136. The highest BCUT2D eigenvalue weighted by atomic mass is 79.9. The molecule has 2 unspecified atom stereocenters. The van der Waals surface area contributed by atoms with Gasteiger partial charge in [-0.2, -0.15) is 0 Å². The standard InChI is InChI=1S/C14H20BrNO/c1-14(17,11-6-8-12(15)9-7-11)13-5-3-2-4-10-16-13/h6-9,13,16-17H,2-5,10H2,1H3. The predicted octanol–water partition coefficient (Wildman–Crippen LogP) is 3.19. The van der Waals surface area contributed by atoms with Crippen LogP contribution in [-0.2, 0) is 5.60 Å². The van der Waals surface area contributed by atoms with Gasteiger partial charge in [-0.1, -0.05) is 40.9 Å². The van der Waals surface area contributed by atoms with Crippen LogP contribution < -0.4 is 5.32 Å². The van der Waals surface area contributed by atoms with Crippen LogP contribution in [0.2, 0.25) is 0 Å². The Balaban J connectivity index is 2.18. The van der Waals surface area contributed by atoms with Crippen LogP contribution >= 0.6 is 15.9 Å². The van der Waals surface area contributed by atoms with Crippen molar-refractivity contribution in [2.24, 2.45) is 0 Å². The first-order chi connectivity index (χ1) is 8.10. The molecular weight excluding hydrogens is 278 g/mol. The van der Waals surface area contributed by atoms with Crippen molar-refractivity contribution >= 4 is 15.9 Å². The van der Waals surface area contributed by atoms with E-state index < -0.39 is 5.60 Å². The first kappa shape index (κ1) is 13.1. The molecule has 1 fully saturated rings. The van der Waals surface area contributed by atoms with Crippen LogP contribution in [0.15, 0.2) is 28.7 Å². The SMILES string of the molecule is CC(O)(c1ccc(Br)cc1)C1CCCCCN1. The zero-order chi connectivity index (χ0) is 12.3. The van der Waals surface area contributed by atoms with Gasteiger partial charge in [0.05, 0.1) is 0 Å². The average molecular weight is 298 g/mol. The molecule has 0 bridgehead atoms. The van der Waals surface area contributed by atoms with Gasteiger partial charge >= 0.3 is 0 Å². The van der Waals surface area contributed by atoms with E-state index in [1.54, 1.807) is 0 Å². The summed E-state index contributed by atoms with van der Waals surface area (Å²) in [5, 5.41) is 14.2. The number of halogens is 1. The highest BCUT2D eigenvalue weighted by molar-refractivity contribution is 9.10. The lowest BCUT2D eigenvalue weighted by atomic mass is 9.86. The maximum absolute atomic E-state index is 10.7. The molecule has 1 aromatic carbocycles. The van der Waals surface area contributed by atoms with Gasteiger partial charge in [0.2, 0.25) is 0 Å². The zero-order valence-corrected chi connectivity index (χ0v) is 11.8. The van der Waals surface area contributed by atoms with E-state index in [0.717, 1.165) is 23.0 Å². The molecule has 0 aromatic heterocycles. The number of rotatable bonds is 2. The Morgan fingerprint density at radius 3 is 2.65 bits per heavy atom. The molecule has 94 valence electrons. The van der Waals surface area contributed by atoms with E-state index in [-0.39, 0.29) is 6.04 Å². The number of benzene rings is 1. The third-order valence-corrected chi connectivity index (χ3v) is 4.20. The molecular formula is C14H20BrNO. The largest absolute Gasteiger partial charge is 0.384 e. The molecule has 0 spiro atoms. The van der Waals surface area contributed by atoms with Crippen LogP contribution in [0.3, 0.4) is 0 Å². The molecule has 17 heavy (non-hydrogen) atoms. The summed E-state index contributed by atoms with van der Waals surface area (Å²) in [6.45, 7) is 2.93. The van der Waals surface area contributed by atoms with Crippen LogP contribution in [0.25, 0.3) is 0 Å². The molecule has 0 radical (unpaired) electrons. The molecule has 2 N–H and O–H groups in total. The Morgan fingerprint density at radius 2 is 1.94 bits per heavy atom. The fraction of sp³-hybridized carbons (Fsp3) is 0.571. The molecule has 2 nitrogen and oxygen atoms in total. The van der Waals surface area contributed by atoms with Crippen molar-refractivity contribution in [2.75, 3.05) is 6.54 Å². The minimum Gasteiger partial charge on any atom is -0.384 e. The van der Waals surface area contributed by atoms with Crippen molar-refractivity contribution in [1.29, 1.82) is 0 Å². The monoisotopic (exact) mass is 297 g/mol. The maximum atomic E-state index is 10.7. The van der Waals surface area contributed by atoms with Gasteiger partial charge in [-0.3, -0.25) is 0 Å². The lowest BCUT2D eigenvalue weighted by Crippen LogP contribution is -2.46. The Kier molecular flexibility index (Phi) is 4.23. The van der Waals surface area contributed by atoms with E-state index in [4.69, 9.17) is 0 Å². The van der Waals surface area contributed by atoms with Crippen LogP contribution in [0.5, 0.6) is 0 Å². The summed E-state index contributed by atoms with van der Waals surface area (Å²) in [5.41, 5.74) is 0.200. The fourth-order valence-corrected chi connectivity index (χ4v) is 2.76. The van der Waals surface area contributed by atoms with E-state index in [1.807, 2.05) is 31.2 Å². The molecule has 0 aliphatic carbocycles. The van der Waals surface area contributed by atoms with Gasteiger partial charge in [0, 0.05) is 10.5 Å². The summed E-state index contributed by atoms with van der Waals surface area (Å²) in [4.78, 5) is 0. The van der Waals surface area contributed by atoms with Crippen LogP contribution in [0.4, 0.5) is 0 Å². The van der Waals surface area contributed by atoms with E-state index in [2.05, 4.69) is 21.2 Å². The van der Waals surface area contributed by atoms with Crippen molar-refractivity contribution in [1.82, 2.24) is 5.32 Å². The molecule has 2 rings (SSSR count). The zero-order valence-electron chi connectivity index (χ0n) is 10.2. The van der Waals surface area contributed by atoms with E-state index in [9.17, 15) is 5.11 Å². The lowest BCUT2D eigenvalue weighted by Gasteiger charge is -2.33. The summed E-state index contributed by atoms with van der Waals surface area (Å²) in [5.74, 6) is 0. The number of hydrogen-bond acceptors (Lipinski definition) is 2. The Bertz CT molecular complexity index is 353.